The van der Waals surface area contributed by atoms with Crippen molar-refractivity contribution in [3.8, 4) is 0 Å². The molecule has 0 aliphatic rings. The molecule has 0 aromatic rings. The minimum Gasteiger partial charge on any atom is -0.388 e. The van der Waals surface area contributed by atoms with E-state index in [1.54, 1.807) is 5.32 Å². The maximum atomic E-state index is 12.3. The van der Waals surface area contributed by atoms with Crippen LogP contribution in [0.3, 0.4) is 0 Å². The van der Waals surface area contributed by atoms with Gasteiger partial charge in [0.25, 0.3) is 0 Å². The van der Waals surface area contributed by atoms with Gasteiger partial charge in [0.15, 0.2) is 0 Å². The Labute approximate surface area is 106 Å². The molecule has 0 saturated heterocycles. The van der Waals surface area contributed by atoms with Gasteiger partial charge in [-0.05, 0) is 27.7 Å². The second kappa shape index (κ2) is 4.84. The quantitative estimate of drug-likeness (QED) is 0.785. The van der Waals surface area contributed by atoms with E-state index in [0.29, 0.717) is 0 Å². The highest BCUT2D eigenvalue weighted by atomic mass is 19.4. The van der Waals surface area contributed by atoms with Crippen molar-refractivity contribution in [1.29, 1.82) is 0 Å². The van der Waals surface area contributed by atoms with Crippen molar-refractivity contribution in [3.63, 3.8) is 0 Å². The van der Waals surface area contributed by atoms with Crippen molar-refractivity contribution in [2.75, 3.05) is 0 Å². The average molecular weight is 295 g/mol. The zero-order valence-corrected chi connectivity index (χ0v) is 10.7. The van der Waals surface area contributed by atoms with Crippen LogP contribution in [0.4, 0.5) is 26.3 Å². The molecule has 9 heteroatoms. The zero-order chi connectivity index (χ0) is 15.9. The van der Waals surface area contributed by atoms with Gasteiger partial charge in [-0.25, -0.2) is 0 Å². The Kier molecular flexibility index (Phi) is 4.59. The van der Waals surface area contributed by atoms with Gasteiger partial charge in [-0.15, -0.1) is 0 Å². The van der Waals surface area contributed by atoms with Gasteiger partial charge < -0.3 is 10.4 Å². The van der Waals surface area contributed by atoms with E-state index in [2.05, 4.69) is 0 Å². The summed E-state index contributed by atoms with van der Waals surface area (Å²) in [6.45, 7) is 4.55. The second-order valence-electron chi connectivity index (χ2n) is 5.19. The molecule has 0 aliphatic carbocycles. The molecule has 0 spiro atoms. The van der Waals surface area contributed by atoms with E-state index in [4.69, 9.17) is 0 Å². The summed E-state index contributed by atoms with van der Waals surface area (Å²) in [5.74, 6) is -6.37. The first-order chi connectivity index (χ1) is 8.00. The molecule has 0 atom stereocenters. The molecule has 0 rings (SSSR count). The zero-order valence-electron chi connectivity index (χ0n) is 10.7. The highest BCUT2D eigenvalue weighted by molar-refractivity contribution is 5.81. The Hall–Kier alpha value is -0.990. The Bertz CT molecular complexity index is 325. The maximum absolute atomic E-state index is 12.3. The third kappa shape index (κ3) is 4.55. The summed E-state index contributed by atoms with van der Waals surface area (Å²) in [7, 11) is 0. The van der Waals surface area contributed by atoms with E-state index in [-0.39, 0.29) is 0 Å². The third-order valence-corrected chi connectivity index (χ3v) is 2.88. The molecule has 0 aromatic carbocycles. The number of hydrogen-bond donors (Lipinski definition) is 2. The van der Waals surface area contributed by atoms with Crippen LogP contribution in [0.25, 0.3) is 0 Å². The molecule has 2 N–H and O–H groups in total. The van der Waals surface area contributed by atoms with Gasteiger partial charge in [0.1, 0.15) is 0 Å². The van der Waals surface area contributed by atoms with Crippen LogP contribution in [0.2, 0.25) is 0 Å². The molecular formula is C10H15F6NO2. The molecule has 0 aliphatic heterocycles. The van der Waals surface area contributed by atoms with Crippen LogP contribution in [0.1, 0.15) is 27.7 Å². The number of hydrogen-bond acceptors (Lipinski definition) is 2. The first kappa shape index (κ1) is 18.0. The molecule has 0 saturated carbocycles. The number of halogens is 6. The van der Waals surface area contributed by atoms with E-state index in [0.717, 1.165) is 27.7 Å². The fourth-order valence-electron chi connectivity index (χ4n) is 1.02. The minimum absolute atomic E-state index is 1.12. The van der Waals surface area contributed by atoms with Gasteiger partial charge in [-0.3, -0.25) is 4.79 Å². The van der Waals surface area contributed by atoms with Crippen LogP contribution in [0.15, 0.2) is 0 Å². The lowest BCUT2D eigenvalue weighted by Gasteiger charge is -2.39. The predicted molar refractivity (Wildman–Crippen MR) is 54.1 cm³/mol. The first-order valence-electron chi connectivity index (χ1n) is 5.18. The lowest BCUT2D eigenvalue weighted by Crippen LogP contribution is -2.61. The van der Waals surface area contributed by atoms with E-state index in [1.807, 2.05) is 0 Å². The average Bonchev–Trinajstić information content (AvgIpc) is 1.92. The van der Waals surface area contributed by atoms with Crippen molar-refractivity contribution in [2.45, 2.75) is 51.2 Å². The molecular weight excluding hydrogens is 280 g/mol. The Balaban J connectivity index is 5.29. The molecule has 0 radical (unpaired) electrons. The summed E-state index contributed by atoms with van der Waals surface area (Å²) >= 11 is 0. The fourth-order valence-corrected chi connectivity index (χ4v) is 1.02. The minimum atomic E-state index is -5.75. The van der Waals surface area contributed by atoms with E-state index in [9.17, 15) is 36.2 Å². The number of carbonyl (C=O) groups excluding carboxylic acids is 1. The van der Waals surface area contributed by atoms with Gasteiger partial charge in [-0.1, -0.05) is 0 Å². The maximum Gasteiger partial charge on any atom is 0.409 e. The summed E-state index contributed by atoms with van der Waals surface area (Å²) < 4.78 is 73.8. The van der Waals surface area contributed by atoms with Gasteiger partial charge in [0.2, 0.25) is 11.8 Å². The number of carbonyl (C=O) groups is 1. The molecule has 0 unspecified atom stereocenters. The van der Waals surface area contributed by atoms with Crippen LogP contribution in [0.5, 0.6) is 0 Å². The topological polar surface area (TPSA) is 49.3 Å². The number of rotatable bonds is 3. The molecule has 19 heavy (non-hydrogen) atoms. The lowest BCUT2D eigenvalue weighted by atomic mass is 9.85. The molecule has 0 fully saturated rings. The number of nitrogens with one attached hydrogen (secondary N) is 1. The summed E-state index contributed by atoms with van der Waals surface area (Å²) in [5, 5.41) is 11.2. The van der Waals surface area contributed by atoms with E-state index < -0.39 is 35.3 Å². The summed E-state index contributed by atoms with van der Waals surface area (Å²) in [5.41, 5.74) is -3.37. The Morgan fingerprint density at radius 2 is 1.26 bits per heavy atom. The number of alkyl halides is 6. The van der Waals surface area contributed by atoms with Gasteiger partial charge in [0, 0.05) is 0 Å². The third-order valence-electron chi connectivity index (χ3n) is 2.88. The SMILES string of the molecule is CC(C)(O)C(C)(C)NC(=O)C(C(F)(F)F)C(F)(F)F. The highest BCUT2D eigenvalue weighted by Gasteiger charge is 2.61. The summed E-state index contributed by atoms with van der Waals surface area (Å²) in [6.07, 6.45) is -11.5. The van der Waals surface area contributed by atoms with Gasteiger partial charge in [0.05, 0.1) is 11.1 Å². The standard InChI is InChI=1S/C10H15F6NO2/c1-7(2,8(3,4)19)17-6(18)5(9(11,12)13)10(14,15)16/h5,19H,1-4H3,(H,17,18). The van der Waals surface area contributed by atoms with Gasteiger partial charge in [-0.2, -0.15) is 26.3 Å². The largest absolute Gasteiger partial charge is 0.409 e. The summed E-state index contributed by atoms with van der Waals surface area (Å²) in [6, 6.07) is 0. The monoisotopic (exact) mass is 295 g/mol. The lowest BCUT2D eigenvalue weighted by molar-refractivity contribution is -0.275. The fraction of sp³-hybridized carbons (Fsp3) is 0.900. The van der Waals surface area contributed by atoms with Crippen LogP contribution in [-0.2, 0) is 4.79 Å². The van der Waals surface area contributed by atoms with Crippen LogP contribution < -0.4 is 5.32 Å². The van der Waals surface area contributed by atoms with E-state index >= 15 is 0 Å². The summed E-state index contributed by atoms with van der Waals surface area (Å²) in [4.78, 5) is 11.2. The molecule has 0 bridgehead atoms. The van der Waals surface area contributed by atoms with Crippen LogP contribution in [-0.4, -0.2) is 34.5 Å². The first-order valence-corrected chi connectivity index (χ1v) is 5.18. The second-order valence-corrected chi connectivity index (χ2v) is 5.19. The van der Waals surface area contributed by atoms with Crippen LogP contribution in [0, 0.1) is 5.92 Å². The van der Waals surface area contributed by atoms with Crippen molar-refractivity contribution in [3.05, 3.63) is 0 Å². The smallest absolute Gasteiger partial charge is 0.388 e. The predicted octanol–water partition coefficient (Wildman–Crippen LogP) is 2.39. The molecule has 1 amide bonds. The van der Waals surface area contributed by atoms with Crippen molar-refractivity contribution < 1.29 is 36.2 Å². The number of aliphatic hydroxyl groups is 1. The van der Waals surface area contributed by atoms with Crippen molar-refractivity contribution in [2.24, 2.45) is 5.92 Å². The Morgan fingerprint density at radius 3 is 1.47 bits per heavy atom. The van der Waals surface area contributed by atoms with E-state index in [1.165, 1.54) is 0 Å². The normalized spacial score (nSPS) is 14.7. The van der Waals surface area contributed by atoms with Gasteiger partial charge >= 0.3 is 12.4 Å². The van der Waals surface area contributed by atoms with Crippen molar-refractivity contribution in [1.82, 2.24) is 5.32 Å². The molecule has 0 heterocycles. The van der Waals surface area contributed by atoms with Crippen molar-refractivity contribution >= 4 is 5.91 Å². The molecule has 0 aromatic heterocycles. The molecule has 3 nitrogen and oxygen atoms in total. The molecule has 114 valence electrons. The Morgan fingerprint density at radius 1 is 0.947 bits per heavy atom. The number of amides is 1. The highest BCUT2D eigenvalue weighted by Crippen LogP contribution is 2.39. The van der Waals surface area contributed by atoms with Crippen LogP contribution >= 0.6 is 0 Å².